The van der Waals surface area contributed by atoms with Gasteiger partial charge in [-0.1, -0.05) is 19.1 Å². The Morgan fingerprint density at radius 2 is 2.05 bits per heavy atom. The fourth-order valence-corrected chi connectivity index (χ4v) is 2.61. The van der Waals surface area contributed by atoms with Crippen LogP contribution in [0, 0.1) is 10.6 Å². The van der Waals surface area contributed by atoms with E-state index in [0.717, 1.165) is 23.2 Å². The molecule has 0 aliphatic rings. The molecule has 2 aromatic carbocycles. The van der Waals surface area contributed by atoms with Crippen LogP contribution >= 0.6 is 12.2 Å². The Labute approximate surface area is 127 Å². The monoisotopic (exact) mass is 302 g/mol. The molecule has 3 rings (SSSR count). The molecule has 5 heteroatoms. The number of hydrogen-bond donors (Lipinski definition) is 1. The highest BCUT2D eigenvalue weighted by Gasteiger charge is 2.11. The fourth-order valence-electron chi connectivity index (χ4n) is 2.31. The van der Waals surface area contributed by atoms with Gasteiger partial charge in [-0.2, -0.15) is 0 Å². The molecule has 0 saturated heterocycles. The summed E-state index contributed by atoms with van der Waals surface area (Å²) < 4.78 is 21.5. The molecule has 0 spiro atoms. The van der Waals surface area contributed by atoms with Crippen LogP contribution in [0.3, 0.4) is 0 Å². The van der Waals surface area contributed by atoms with Crippen molar-refractivity contribution in [1.82, 2.24) is 9.55 Å². The minimum absolute atomic E-state index is 0.290. The van der Waals surface area contributed by atoms with E-state index in [0.29, 0.717) is 17.1 Å². The molecule has 0 radical (unpaired) electrons. The zero-order valence-electron chi connectivity index (χ0n) is 11.6. The smallest absolute Gasteiger partial charge is 0.182 e. The molecule has 1 N–H and O–H groups in total. The second-order valence-corrected chi connectivity index (χ2v) is 5.13. The van der Waals surface area contributed by atoms with Crippen LogP contribution in [-0.2, 0) is 0 Å². The molecule has 0 amide bonds. The van der Waals surface area contributed by atoms with Crippen molar-refractivity contribution >= 4 is 23.3 Å². The molecule has 0 atom stereocenters. The van der Waals surface area contributed by atoms with Gasteiger partial charge >= 0.3 is 0 Å². The van der Waals surface area contributed by atoms with Crippen LogP contribution in [-0.4, -0.2) is 16.2 Å². The van der Waals surface area contributed by atoms with Gasteiger partial charge in [0.15, 0.2) is 4.77 Å². The maximum Gasteiger partial charge on any atom is 0.182 e. The average molecular weight is 302 g/mol. The molecule has 1 heterocycles. The lowest BCUT2D eigenvalue weighted by Gasteiger charge is -2.07. The Morgan fingerprint density at radius 3 is 2.81 bits per heavy atom. The van der Waals surface area contributed by atoms with Crippen LogP contribution in [0.5, 0.6) is 5.75 Å². The number of ether oxygens (including phenoxy) is 1. The number of rotatable bonds is 4. The van der Waals surface area contributed by atoms with Crippen molar-refractivity contribution in [3.05, 3.63) is 53.1 Å². The molecule has 0 bridgehead atoms. The first kappa shape index (κ1) is 13.8. The van der Waals surface area contributed by atoms with Gasteiger partial charge < -0.3 is 9.72 Å². The van der Waals surface area contributed by atoms with Crippen molar-refractivity contribution in [2.45, 2.75) is 13.3 Å². The topological polar surface area (TPSA) is 29.9 Å². The summed E-state index contributed by atoms with van der Waals surface area (Å²) in [6.45, 7) is 2.70. The van der Waals surface area contributed by atoms with E-state index in [4.69, 9.17) is 17.0 Å². The number of benzene rings is 2. The lowest BCUT2D eigenvalue weighted by atomic mass is 10.2. The van der Waals surface area contributed by atoms with Gasteiger partial charge in [0, 0.05) is 0 Å². The molecule has 3 aromatic rings. The third kappa shape index (κ3) is 2.56. The third-order valence-electron chi connectivity index (χ3n) is 3.21. The SMILES string of the molecule is CCCOc1cccc2c1[nH]c(=S)n2-c1cccc(F)c1. The van der Waals surface area contributed by atoms with E-state index in [2.05, 4.69) is 11.9 Å². The number of hydrogen-bond acceptors (Lipinski definition) is 2. The number of aromatic amines is 1. The van der Waals surface area contributed by atoms with Crippen molar-refractivity contribution in [2.75, 3.05) is 6.61 Å². The first-order chi connectivity index (χ1) is 10.2. The van der Waals surface area contributed by atoms with Crippen molar-refractivity contribution in [2.24, 2.45) is 0 Å². The Bertz CT molecular complexity index is 838. The zero-order valence-corrected chi connectivity index (χ0v) is 12.4. The van der Waals surface area contributed by atoms with Gasteiger partial charge in [-0.3, -0.25) is 4.57 Å². The van der Waals surface area contributed by atoms with E-state index in [1.165, 1.54) is 12.1 Å². The molecule has 21 heavy (non-hydrogen) atoms. The van der Waals surface area contributed by atoms with E-state index in [9.17, 15) is 4.39 Å². The molecule has 108 valence electrons. The summed E-state index contributed by atoms with van der Waals surface area (Å²) in [5.41, 5.74) is 2.40. The molecule has 0 aliphatic carbocycles. The van der Waals surface area contributed by atoms with Crippen molar-refractivity contribution in [3.63, 3.8) is 0 Å². The number of aromatic nitrogens is 2. The Balaban J connectivity index is 2.20. The largest absolute Gasteiger partial charge is 0.491 e. The molecule has 0 aliphatic heterocycles. The van der Waals surface area contributed by atoms with Crippen LogP contribution in [0.15, 0.2) is 42.5 Å². The van der Waals surface area contributed by atoms with Crippen molar-refractivity contribution in [1.29, 1.82) is 0 Å². The molecule has 1 aromatic heterocycles. The lowest BCUT2D eigenvalue weighted by Crippen LogP contribution is -1.96. The molecule has 0 saturated carbocycles. The molecule has 3 nitrogen and oxygen atoms in total. The van der Waals surface area contributed by atoms with Crippen LogP contribution in [0.25, 0.3) is 16.7 Å². The number of imidazole rings is 1. The molecular formula is C16H15FN2OS. The number of nitrogens with one attached hydrogen (secondary N) is 1. The van der Waals surface area contributed by atoms with Gasteiger partial charge in [-0.25, -0.2) is 4.39 Å². The summed E-state index contributed by atoms with van der Waals surface area (Å²) >= 11 is 5.38. The third-order valence-corrected chi connectivity index (χ3v) is 3.49. The van der Waals surface area contributed by atoms with Gasteiger partial charge in [-0.15, -0.1) is 0 Å². The highest BCUT2D eigenvalue weighted by Crippen LogP contribution is 2.27. The van der Waals surface area contributed by atoms with E-state index >= 15 is 0 Å². The highest BCUT2D eigenvalue weighted by atomic mass is 32.1. The van der Waals surface area contributed by atoms with Gasteiger partial charge in [0.25, 0.3) is 0 Å². The van der Waals surface area contributed by atoms with Crippen molar-refractivity contribution in [3.8, 4) is 11.4 Å². The van der Waals surface area contributed by atoms with Gasteiger partial charge in [0.05, 0.1) is 17.8 Å². The molecule has 0 unspecified atom stereocenters. The second-order valence-electron chi connectivity index (χ2n) is 4.74. The number of halogens is 1. The maximum absolute atomic E-state index is 13.5. The quantitative estimate of drug-likeness (QED) is 0.713. The van der Waals surface area contributed by atoms with Crippen LogP contribution in [0.4, 0.5) is 4.39 Å². The predicted molar refractivity (Wildman–Crippen MR) is 84.2 cm³/mol. The van der Waals surface area contributed by atoms with E-state index < -0.39 is 0 Å². The van der Waals surface area contributed by atoms with Crippen LogP contribution < -0.4 is 4.74 Å². The molecular weight excluding hydrogens is 287 g/mol. The Morgan fingerprint density at radius 1 is 1.24 bits per heavy atom. The number of H-pyrrole nitrogens is 1. The van der Waals surface area contributed by atoms with E-state index in [1.807, 2.05) is 28.8 Å². The minimum atomic E-state index is -0.290. The van der Waals surface area contributed by atoms with Gasteiger partial charge in [0.1, 0.15) is 17.1 Å². The maximum atomic E-state index is 13.5. The van der Waals surface area contributed by atoms with E-state index in [1.54, 1.807) is 6.07 Å². The summed E-state index contributed by atoms with van der Waals surface area (Å²) in [4.78, 5) is 3.15. The summed E-state index contributed by atoms with van der Waals surface area (Å²) in [7, 11) is 0. The Kier molecular flexibility index (Phi) is 3.75. The second kappa shape index (κ2) is 5.69. The average Bonchev–Trinajstić information content (AvgIpc) is 2.81. The normalized spacial score (nSPS) is 11.0. The summed E-state index contributed by atoms with van der Waals surface area (Å²) in [6.07, 6.45) is 0.932. The number of para-hydroxylation sites is 1. The van der Waals surface area contributed by atoms with Crippen LogP contribution in [0.2, 0.25) is 0 Å². The first-order valence-corrected chi connectivity index (χ1v) is 7.24. The molecule has 0 fully saturated rings. The van der Waals surface area contributed by atoms with E-state index in [-0.39, 0.29) is 5.82 Å². The standard InChI is InChI=1S/C16H15FN2OS/c1-2-9-20-14-8-4-7-13-15(14)18-16(21)19(13)12-6-3-5-11(17)10-12/h3-8,10H,2,9H2,1H3,(H,18,21). The van der Waals surface area contributed by atoms with Gasteiger partial charge in [0.2, 0.25) is 0 Å². The Hall–Kier alpha value is -2.14. The summed E-state index contributed by atoms with van der Waals surface area (Å²) in [5.74, 6) is 0.470. The summed E-state index contributed by atoms with van der Waals surface area (Å²) in [5, 5.41) is 0. The van der Waals surface area contributed by atoms with Crippen LogP contribution in [0.1, 0.15) is 13.3 Å². The van der Waals surface area contributed by atoms with Crippen molar-refractivity contribution < 1.29 is 9.13 Å². The summed E-state index contributed by atoms with van der Waals surface area (Å²) in [6, 6.07) is 12.1. The minimum Gasteiger partial charge on any atom is -0.491 e. The van der Waals surface area contributed by atoms with Gasteiger partial charge in [-0.05, 0) is 49.0 Å². The highest BCUT2D eigenvalue weighted by molar-refractivity contribution is 7.71. The lowest BCUT2D eigenvalue weighted by molar-refractivity contribution is 0.320. The number of nitrogens with zero attached hydrogens (tertiary/aromatic N) is 1. The number of fused-ring (bicyclic) bond motifs is 1. The zero-order chi connectivity index (χ0) is 14.8. The fraction of sp³-hybridized carbons (Fsp3) is 0.188. The first-order valence-electron chi connectivity index (χ1n) is 6.83. The predicted octanol–water partition coefficient (Wildman–Crippen LogP) is 4.62.